The first-order chi connectivity index (χ1) is 14.9. The molecule has 0 heterocycles. The smallest absolute Gasteiger partial charge is 0.401 e. The molecule has 2 unspecified atom stereocenters. The van der Waals surface area contributed by atoms with Gasteiger partial charge < -0.3 is 4.52 Å². The van der Waals surface area contributed by atoms with Crippen molar-refractivity contribution < 1.29 is 18.2 Å². The molecule has 0 radical (unpaired) electrons. The summed E-state index contributed by atoms with van der Waals surface area (Å²) in [6, 6.07) is 6.81. The van der Waals surface area contributed by atoms with Crippen LogP contribution in [0.1, 0.15) is 134 Å². The molecule has 1 aromatic rings. The number of hydrogen-bond donors (Lipinski definition) is 1. The average molecular weight is 457 g/mol. The lowest BCUT2D eigenvalue weighted by atomic mass is 9.94. The fourth-order valence-corrected chi connectivity index (χ4v) is 4.53. The average Bonchev–Trinajstić information content (AvgIpc) is 2.72. The number of benzene rings is 1. The number of rotatable bonds is 20. The molecule has 0 saturated heterocycles. The Balaban J connectivity index is 1.92. The molecule has 0 spiro atoms. The summed E-state index contributed by atoms with van der Waals surface area (Å²) in [5.74, 6) is 0.513. The Kier molecular flexibility index (Phi) is 16.1. The van der Waals surface area contributed by atoms with Gasteiger partial charge in [-0.2, -0.15) is 0 Å². The van der Waals surface area contributed by atoms with Gasteiger partial charge in [0.05, 0.1) is 0 Å². The molecule has 0 amide bonds. The zero-order valence-electron chi connectivity index (χ0n) is 20.0. The van der Waals surface area contributed by atoms with E-state index < -0.39 is 7.91 Å². The first kappa shape index (κ1) is 28.2. The van der Waals surface area contributed by atoms with Crippen molar-refractivity contribution in [2.75, 3.05) is 0 Å². The van der Waals surface area contributed by atoms with Crippen molar-refractivity contribution in [2.24, 2.45) is 0 Å². The molecule has 5 heteroatoms. The highest BCUT2D eigenvalue weighted by Gasteiger charge is 2.19. The fourth-order valence-electron chi connectivity index (χ4n) is 4.15. The van der Waals surface area contributed by atoms with Crippen molar-refractivity contribution in [3.05, 3.63) is 29.8 Å². The Morgan fingerprint density at radius 1 is 0.774 bits per heavy atom. The van der Waals surface area contributed by atoms with Crippen molar-refractivity contribution in [3.8, 4) is 5.75 Å². The Bertz CT molecular complexity index is 585. The van der Waals surface area contributed by atoms with Crippen LogP contribution in [0.5, 0.6) is 5.75 Å². The Hall–Kier alpha value is -0.860. The number of unbranched alkanes of at least 4 members (excludes halogenated alkanes) is 15. The molecule has 0 bridgehead atoms. The number of halogens is 1. The monoisotopic (exact) mass is 456 g/mol. The second-order valence-electron chi connectivity index (χ2n) is 9.10. The van der Waals surface area contributed by atoms with Crippen LogP contribution >= 0.6 is 7.91 Å². The minimum Gasteiger partial charge on any atom is -0.401 e. The van der Waals surface area contributed by atoms with Crippen LogP contribution in [0.15, 0.2) is 24.3 Å². The zero-order chi connectivity index (χ0) is 22.8. The van der Waals surface area contributed by atoms with E-state index in [4.69, 9.17) is 4.89 Å². The van der Waals surface area contributed by atoms with E-state index in [1.807, 2.05) is 12.1 Å². The Morgan fingerprint density at radius 3 is 1.55 bits per heavy atom. The van der Waals surface area contributed by atoms with Gasteiger partial charge in [0.25, 0.3) is 0 Å². The van der Waals surface area contributed by atoms with Crippen molar-refractivity contribution in [3.63, 3.8) is 0 Å². The van der Waals surface area contributed by atoms with E-state index in [0.717, 1.165) is 12.0 Å². The molecule has 0 fully saturated rings. The Labute approximate surface area is 190 Å². The van der Waals surface area contributed by atoms with E-state index in [9.17, 15) is 8.76 Å². The molecule has 31 heavy (non-hydrogen) atoms. The lowest BCUT2D eigenvalue weighted by molar-refractivity contribution is 0.330. The van der Waals surface area contributed by atoms with Crippen LogP contribution < -0.4 is 4.52 Å². The van der Waals surface area contributed by atoms with Crippen molar-refractivity contribution in [1.29, 1.82) is 0 Å². The van der Waals surface area contributed by atoms with Crippen LogP contribution in [-0.4, -0.2) is 4.89 Å². The minimum atomic E-state index is -4.97. The highest BCUT2D eigenvalue weighted by atomic mass is 31.2. The largest absolute Gasteiger partial charge is 0.567 e. The van der Waals surface area contributed by atoms with Crippen molar-refractivity contribution in [1.82, 2.24) is 0 Å². The van der Waals surface area contributed by atoms with E-state index in [1.165, 1.54) is 103 Å². The third-order valence-electron chi connectivity index (χ3n) is 6.16. The summed E-state index contributed by atoms with van der Waals surface area (Å²) in [5.41, 5.74) is 1.15. The predicted octanol–water partition coefficient (Wildman–Crippen LogP) is 9.89. The zero-order valence-corrected chi connectivity index (χ0v) is 20.9. The second kappa shape index (κ2) is 17.7. The van der Waals surface area contributed by atoms with Gasteiger partial charge in [-0.1, -0.05) is 129 Å². The summed E-state index contributed by atoms with van der Waals surface area (Å²) in [4.78, 5) is 8.63. The number of hydrogen-bond acceptors (Lipinski definition) is 2. The van der Waals surface area contributed by atoms with Crippen LogP contribution in [-0.2, 0) is 4.57 Å². The van der Waals surface area contributed by atoms with E-state index in [0.29, 0.717) is 5.92 Å². The van der Waals surface area contributed by atoms with Crippen LogP contribution in [0.4, 0.5) is 4.20 Å². The summed E-state index contributed by atoms with van der Waals surface area (Å²) in [7, 11) is -4.97. The lowest BCUT2D eigenvalue weighted by Gasteiger charge is -2.13. The third kappa shape index (κ3) is 16.4. The van der Waals surface area contributed by atoms with Crippen LogP contribution in [0.25, 0.3) is 0 Å². The van der Waals surface area contributed by atoms with E-state index >= 15 is 0 Å². The third-order valence-corrected chi connectivity index (χ3v) is 6.59. The summed E-state index contributed by atoms with van der Waals surface area (Å²) in [6.45, 7) is 4.46. The summed E-state index contributed by atoms with van der Waals surface area (Å²) >= 11 is 0. The van der Waals surface area contributed by atoms with Crippen LogP contribution in [0.2, 0.25) is 0 Å². The summed E-state index contributed by atoms with van der Waals surface area (Å²) in [6.07, 6.45) is 23.2. The van der Waals surface area contributed by atoms with Gasteiger partial charge in [-0.25, -0.2) is 4.57 Å². The van der Waals surface area contributed by atoms with Gasteiger partial charge in [0.2, 0.25) is 0 Å². The SMILES string of the molecule is CCCCCCCCCCCCCCCCCCC(C)c1ccc(OP(=O)(O)F)cc1. The maximum Gasteiger partial charge on any atom is 0.567 e. The van der Waals surface area contributed by atoms with Gasteiger partial charge in [0.15, 0.2) is 0 Å². The van der Waals surface area contributed by atoms with Crippen LogP contribution in [0, 0.1) is 0 Å². The first-order valence-electron chi connectivity index (χ1n) is 12.7. The maximum atomic E-state index is 12.7. The molecule has 0 saturated carbocycles. The van der Waals surface area contributed by atoms with E-state index in [2.05, 4.69) is 18.4 Å². The van der Waals surface area contributed by atoms with Crippen molar-refractivity contribution in [2.45, 2.75) is 129 Å². The minimum absolute atomic E-state index is 0.0895. The molecular formula is C26H46FO3P. The quantitative estimate of drug-likeness (QED) is 0.157. The topological polar surface area (TPSA) is 46.5 Å². The van der Waals surface area contributed by atoms with Gasteiger partial charge in [-0.15, -0.1) is 4.20 Å². The molecule has 2 atom stereocenters. The van der Waals surface area contributed by atoms with Crippen LogP contribution in [0.3, 0.4) is 0 Å². The highest BCUT2D eigenvalue weighted by Crippen LogP contribution is 2.44. The fraction of sp³-hybridized carbons (Fsp3) is 0.769. The first-order valence-corrected chi connectivity index (χ1v) is 14.2. The van der Waals surface area contributed by atoms with E-state index in [1.54, 1.807) is 12.1 Å². The van der Waals surface area contributed by atoms with Gasteiger partial charge in [-0.3, -0.25) is 4.89 Å². The molecule has 1 N–H and O–H groups in total. The molecule has 1 aromatic carbocycles. The highest BCUT2D eigenvalue weighted by molar-refractivity contribution is 7.47. The summed E-state index contributed by atoms with van der Waals surface area (Å²) < 4.78 is 27.7. The second-order valence-corrected chi connectivity index (χ2v) is 10.2. The normalized spacial score (nSPS) is 14.3. The molecule has 0 aromatic heterocycles. The standard InChI is InChI=1S/C26H46FO3P/c1-3-4-5-6-7-8-9-10-11-12-13-14-15-16-17-18-19-24(2)25-20-22-26(23-21-25)30-31(27,28)29/h20-24H,3-19H2,1-2H3,(H,28,29). The molecular weight excluding hydrogens is 410 g/mol. The predicted molar refractivity (Wildman–Crippen MR) is 131 cm³/mol. The summed E-state index contributed by atoms with van der Waals surface area (Å²) in [5, 5.41) is 0. The Morgan fingerprint density at radius 2 is 1.16 bits per heavy atom. The molecule has 0 aliphatic heterocycles. The molecule has 0 aliphatic rings. The maximum absolute atomic E-state index is 12.7. The lowest BCUT2D eigenvalue weighted by Crippen LogP contribution is -1.94. The van der Waals surface area contributed by atoms with Gasteiger partial charge in [-0.05, 0) is 30.0 Å². The molecule has 3 nitrogen and oxygen atoms in total. The molecule has 180 valence electrons. The molecule has 1 rings (SSSR count). The van der Waals surface area contributed by atoms with Gasteiger partial charge >= 0.3 is 7.91 Å². The van der Waals surface area contributed by atoms with Crippen molar-refractivity contribution >= 4 is 7.91 Å². The van der Waals surface area contributed by atoms with E-state index in [-0.39, 0.29) is 5.75 Å². The van der Waals surface area contributed by atoms with Gasteiger partial charge in [0.1, 0.15) is 5.75 Å². The molecule has 0 aliphatic carbocycles. The van der Waals surface area contributed by atoms with Gasteiger partial charge in [0, 0.05) is 0 Å².